The molecule has 0 radical (unpaired) electrons. The van der Waals surface area contributed by atoms with E-state index in [0.717, 1.165) is 94.3 Å². The summed E-state index contributed by atoms with van der Waals surface area (Å²) in [6.07, 6.45) is 0. The van der Waals surface area contributed by atoms with Crippen molar-refractivity contribution in [1.82, 2.24) is 4.57 Å². The maximum atomic E-state index is 7.09. The molecule has 4 nitrogen and oxygen atoms in total. The lowest BCUT2D eigenvalue weighted by Crippen LogP contribution is -2.12. The third kappa shape index (κ3) is 5.39. The van der Waals surface area contributed by atoms with E-state index in [2.05, 4.69) is 234 Å². The van der Waals surface area contributed by atoms with E-state index in [1.807, 2.05) is 6.07 Å². The molecule has 0 aliphatic carbocycles. The summed E-state index contributed by atoms with van der Waals surface area (Å²) in [6, 6.07) is 82.7. The lowest BCUT2D eigenvalue weighted by atomic mass is 9.95. The molecule has 0 amide bonds. The van der Waals surface area contributed by atoms with E-state index < -0.39 is 0 Å². The van der Waals surface area contributed by atoms with Crippen molar-refractivity contribution in [3.63, 3.8) is 0 Å². The summed E-state index contributed by atoms with van der Waals surface area (Å²) in [6.45, 7) is 0. The van der Waals surface area contributed by atoms with E-state index in [-0.39, 0.29) is 0 Å². The Morgan fingerprint density at radius 3 is 1.70 bits per heavy atom. The number of fused-ring (bicyclic) bond motifs is 12. The molecule has 0 unspecified atom stereocenters. The van der Waals surface area contributed by atoms with Crippen LogP contribution in [0.15, 0.2) is 239 Å². The van der Waals surface area contributed by atoms with E-state index in [1.165, 1.54) is 38.0 Å². The van der Waals surface area contributed by atoms with Gasteiger partial charge >= 0.3 is 0 Å². The van der Waals surface area contributed by atoms with Crippen LogP contribution in [-0.4, -0.2) is 4.57 Å². The first kappa shape index (κ1) is 36.6. The van der Waals surface area contributed by atoms with Crippen molar-refractivity contribution in [3.05, 3.63) is 231 Å². The summed E-state index contributed by atoms with van der Waals surface area (Å²) in [5, 5.41) is 11.5. The standard InChI is InChI=1S/C62H38N2O2/c1-2-20-42-40(17-1)38-57(45-22-4-3-21-44(42)45)64(55-32-12-7-25-48(55)50-28-16-29-51-49-26-8-13-33-58(49)65-61(50)51)56-36-35-43(62-60(56)52-27-9-14-34-59(52)66-62)39-18-15-19-41(37-39)63-53-30-10-5-23-46(53)47-24-6-11-31-54(47)63/h1-38H. The third-order valence-corrected chi connectivity index (χ3v) is 13.6. The van der Waals surface area contributed by atoms with Gasteiger partial charge in [-0.2, -0.15) is 0 Å². The number of hydrogen-bond acceptors (Lipinski definition) is 3. The molecule has 0 fully saturated rings. The highest BCUT2D eigenvalue weighted by atomic mass is 16.3. The molecule has 0 aliphatic heterocycles. The Balaban J connectivity index is 1.06. The van der Waals surface area contributed by atoms with Gasteiger partial charge in [0.25, 0.3) is 0 Å². The maximum Gasteiger partial charge on any atom is 0.145 e. The highest BCUT2D eigenvalue weighted by Gasteiger charge is 2.27. The van der Waals surface area contributed by atoms with E-state index in [4.69, 9.17) is 8.83 Å². The smallest absolute Gasteiger partial charge is 0.145 e. The lowest BCUT2D eigenvalue weighted by Gasteiger charge is -2.30. The molecule has 0 spiro atoms. The molecule has 4 heteroatoms. The Morgan fingerprint density at radius 2 is 0.894 bits per heavy atom. The van der Waals surface area contributed by atoms with E-state index in [1.54, 1.807) is 0 Å². The van der Waals surface area contributed by atoms with Crippen molar-refractivity contribution in [2.45, 2.75) is 0 Å². The van der Waals surface area contributed by atoms with Crippen LogP contribution in [0.1, 0.15) is 0 Å². The van der Waals surface area contributed by atoms with Crippen LogP contribution in [0.4, 0.5) is 17.1 Å². The van der Waals surface area contributed by atoms with Crippen LogP contribution in [0.5, 0.6) is 0 Å². The van der Waals surface area contributed by atoms with E-state index in [9.17, 15) is 0 Å². The van der Waals surface area contributed by atoms with Crippen LogP contribution >= 0.6 is 0 Å². The molecule has 0 aliphatic rings. The van der Waals surface area contributed by atoms with Gasteiger partial charge in [0.2, 0.25) is 0 Å². The average Bonchev–Trinajstić information content (AvgIpc) is 4.07. The van der Waals surface area contributed by atoms with Gasteiger partial charge in [-0.05, 0) is 82.4 Å². The summed E-state index contributed by atoms with van der Waals surface area (Å²) >= 11 is 0. The van der Waals surface area contributed by atoms with Crippen molar-refractivity contribution in [1.29, 1.82) is 0 Å². The van der Waals surface area contributed by atoms with Crippen molar-refractivity contribution in [3.8, 4) is 27.9 Å². The molecule has 3 aromatic heterocycles. The van der Waals surface area contributed by atoms with Crippen LogP contribution in [0, 0.1) is 0 Å². The fourth-order valence-electron chi connectivity index (χ4n) is 10.7. The number of hydrogen-bond donors (Lipinski definition) is 0. The predicted molar refractivity (Wildman–Crippen MR) is 276 cm³/mol. The zero-order chi connectivity index (χ0) is 43.3. The summed E-state index contributed by atoms with van der Waals surface area (Å²) in [5.41, 5.74) is 14.2. The minimum Gasteiger partial charge on any atom is -0.455 e. The molecule has 0 N–H and O–H groups in total. The second kappa shape index (κ2) is 14.3. The molecule has 308 valence electrons. The van der Waals surface area contributed by atoms with Gasteiger partial charge in [0.1, 0.15) is 22.3 Å². The summed E-state index contributed by atoms with van der Waals surface area (Å²) in [7, 11) is 0. The van der Waals surface area contributed by atoms with Crippen LogP contribution in [0.2, 0.25) is 0 Å². The van der Waals surface area contributed by atoms with Crippen LogP contribution < -0.4 is 4.90 Å². The number of para-hydroxylation sites is 6. The average molecular weight is 843 g/mol. The van der Waals surface area contributed by atoms with Crippen molar-refractivity contribution >= 4 is 104 Å². The van der Waals surface area contributed by atoms with Gasteiger partial charge in [-0.25, -0.2) is 0 Å². The topological polar surface area (TPSA) is 34.5 Å². The number of rotatable bonds is 6. The van der Waals surface area contributed by atoms with E-state index in [0.29, 0.717) is 0 Å². The zero-order valence-corrected chi connectivity index (χ0v) is 35.7. The lowest BCUT2D eigenvalue weighted by molar-refractivity contribution is 0.669. The van der Waals surface area contributed by atoms with Gasteiger partial charge < -0.3 is 18.3 Å². The van der Waals surface area contributed by atoms with Crippen molar-refractivity contribution in [2.75, 3.05) is 4.90 Å². The highest BCUT2D eigenvalue weighted by Crippen LogP contribution is 2.51. The maximum absolute atomic E-state index is 7.09. The van der Waals surface area contributed by atoms with Crippen molar-refractivity contribution < 1.29 is 8.83 Å². The van der Waals surface area contributed by atoms with Gasteiger partial charge in [-0.1, -0.05) is 170 Å². The van der Waals surface area contributed by atoms with Crippen molar-refractivity contribution in [2.24, 2.45) is 0 Å². The largest absolute Gasteiger partial charge is 0.455 e. The van der Waals surface area contributed by atoms with Gasteiger partial charge in [-0.15, -0.1) is 0 Å². The Kier molecular flexibility index (Phi) is 7.95. The molecule has 0 bridgehead atoms. The van der Waals surface area contributed by atoms with Gasteiger partial charge in [0, 0.05) is 54.7 Å². The minimum atomic E-state index is 0.833. The predicted octanol–water partition coefficient (Wildman–Crippen LogP) is 17.7. The quantitative estimate of drug-likeness (QED) is 0.156. The molecule has 14 aromatic rings. The number of aromatic nitrogens is 1. The fourth-order valence-corrected chi connectivity index (χ4v) is 10.7. The van der Waals surface area contributed by atoms with Crippen LogP contribution in [0.3, 0.4) is 0 Å². The minimum absolute atomic E-state index is 0.833. The molecule has 14 rings (SSSR count). The second-order valence-corrected chi connectivity index (χ2v) is 17.2. The molecular weight excluding hydrogens is 805 g/mol. The number of benzene rings is 11. The van der Waals surface area contributed by atoms with Crippen LogP contribution in [0.25, 0.3) is 115 Å². The Bertz CT molecular complexity index is 4210. The normalized spacial score (nSPS) is 11.9. The fraction of sp³-hybridized carbons (Fsp3) is 0. The molecule has 66 heavy (non-hydrogen) atoms. The third-order valence-electron chi connectivity index (χ3n) is 13.6. The first-order valence-corrected chi connectivity index (χ1v) is 22.5. The zero-order valence-electron chi connectivity index (χ0n) is 35.7. The number of furan rings is 2. The molecule has 0 saturated carbocycles. The first-order valence-electron chi connectivity index (χ1n) is 22.5. The monoisotopic (exact) mass is 842 g/mol. The SMILES string of the molecule is c1cc(-c2ccc(N(c3ccccc3-c3cccc4c3oc3ccccc34)c3cc4ccccc4c4ccccc34)c3c2oc2ccccc23)cc(-n2c3ccccc3c3ccccc32)c1. The Labute approximate surface area is 379 Å². The first-order chi connectivity index (χ1) is 32.8. The number of nitrogens with zero attached hydrogens (tertiary/aromatic N) is 2. The molecule has 0 atom stereocenters. The Hall–Kier alpha value is -8.86. The van der Waals surface area contributed by atoms with Gasteiger partial charge in [-0.3, -0.25) is 0 Å². The van der Waals surface area contributed by atoms with E-state index >= 15 is 0 Å². The summed E-state index contributed by atoms with van der Waals surface area (Å²) < 4.78 is 16.2. The molecule has 0 saturated heterocycles. The molecule has 3 heterocycles. The molecular formula is C62H38N2O2. The van der Waals surface area contributed by atoms with Gasteiger partial charge in [0.05, 0.1) is 33.5 Å². The highest BCUT2D eigenvalue weighted by molar-refractivity contribution is 6.21. The summed E-state index contributed by atoms with van der Waals surface area (Å²) in [4.78, 5) is 2.47. The van der Waals surface area contributed by atoms with Gasteiger partial charge in [0.15, 0.2) is 0 Å². The second-order valence-electron chi connectivity index (χ2n) is 17.2. The number of anilines is 3. The Morgan fingerprint density at radius 1 is 0.318 bits per heavy atom. The van der Waals surface area contributed by atoms with Crippen LogP contribution in [-0.2, 0) is 0 Å². The molecule has 11 aromatic carbocycles. The summed E-state index contributed by atoms with van der Waals surface area (Å²) in [5.74, 6) is 0.